The van der Waals surface area contributed by atoms with Gasteiger partial charge in [0.15, 0.2) is 5.96 Å². The minimum Gasteiger partial charge on any atom is -0.383 e. The normalized spacial score (nSPS) is 13.8. The fourth-order valence-electron chi connectivity index (χ4n) is 1.61. The van der Waals surface area contributed by atoms with Crippen molar-refractivity contribution in [1.82, 2.24) is 5.32 Å². The van der Waals surface area contributed by atoms with Crippen LogP contribution in [0.15, 0.2) is 22.5 Å². The number of hydrogen-bond acceptors (Lipinski definition) is 3. The number of aliphatic imine (C=N–C) groups is 1. The molecule has 0 radical (unpaired) electrons. The third-order valence-corrected chi connectivity index (χ3v) is 3.88. The maximum Gasteiger partial charge on any atom is 0.188 e. The lowest BCUT2D eigenvalue weighted by Gasteiger charge is -2.21. The lowest BCUT2D eigenvalue weighted by atomic mass is 9.92. The summed E-state index contributed by atoms with van der Waals surface area (Å²) < 4.78 is 5.04. The standard InChI is InChI=1S/C13H23N3OS.HI/c1-10(8-17-4)16-12(14)15-9-13(2,3)11-6-5-7-18-11;/h5-7,10H,8-9H2,1-4H3,(H3,14,15,16);1H. The van der Waals surface area contributed by atoms with E-state index in [1.807, 2.05) is 6.92 Å². The second-order valence-corrected chi connectivity index (χ2v) is 6.01. The fourth-order valence-corrected chi connectivity index (χ4v) is 2.46. The Bertz CT molecular complexity index is 379. The number of rotatable bonds is 6. The van der Waals surface area contributed by atoms with Crippen molar-refractivity contribution in [3.63, 3.8) is 0 Å². The van der Waals surface area contributed by atoms with Gasteiger partial charge in [0.05, 0.1) is 13.2 Å². The predicted octanol–water partition coefficient (Wildman–Crippen LogP) is 2.58. The van der Waals surface area contributed by atoms with Gasteiger partial charge in [-0.25, -0.2) is 0 Å². The van der Waals surface area contributed by atoms with Crippen molar-refractivity contribution in [2.45, 2.75) is 32.2 Å². The molecular formula is C13H24IN3OS. The summed E-state index contributed by atoms with van der Waals surface area (Å²) in [6.45, 7) is 7.65. The van der Waals surface area contributed by atoms with E-state index in [4.69, 9.17) is 10.5 Å². The van der Waals surface area contributed by atoms with Crippen LogP contribution in [-0.4, -0.2) is 32.3 Å². The number of nitrogens with two attached hydrogens (primary N) is 1. The number of guanidine groups is 1. The maximum atomic E-state index is 5.85. The lowest BCUT2D eigenvalue weighted by Crippen LogP contribution is -2.41. The quantitative estimate of drug-likeness (QED) is 0.441. The Morgan fingerprint density at radius 1 is 1.58 bits per heavy atom. The van der Waals surface area contributed by atoms with Crippen LogP contribution in [-0.2, 0) is 10.2 Å². The highest BCUT2D eigenvalue weighted by Gasteiger charge is 2.21. The highest BCUT2D eigenvalue weighted by atomic mass is 127. The fraction of sp³-hybridized carbons (Fsp3) is 0.615. The van der Waals surface area contributed by atoms with Gasteiger partial charge in [0.1, 0.15) is 0 Å². The van der Waals surface area contributed by atoms with Gasteiger partial charge in [-0.15, -0.1) is 35.3 Å². The molecule has 1 aromatic rings. The van der Waals surface area contributed by atoms with E-state index in [0.717, 1.165) is 0 Å². The number of ether oxygens (including phenoxy) is 1. The van der Waals surface area contributed by atoms with E-state index in [2.05, 4.69) is 41.7 Å². The van der Waals surface area contributed by atoms with E-state index in [-0.39, 0.29) is 35.4 Å². The molecule has 0 bridgehead atoms. The number of hydrogen-bond donors (Lipinski definition) is 2. The molecule has 0 saturated carbocycles. The van der Waals surface area contributed by atoms with Gasteiger partial charge in [-0.1, -0.05) is 19.9 Å². The van der Waals surface area contributed by atoms with Crippen molar-refractivity contribution in [3.8, 4) is 0 Å². The van der Waals surface area contributed by atoms with E-state index in [0.29, 0.717) is 19.1 Å². The molecule has 0 fully saturated rings. The van der Waals surface area contributed by atoms with Crippen LogP contribution in [0.25, 0.3) is 0 Å². The summed E-state index contributed by atoms with van der Waals surface area (Å²) in [4.78, 5) is 5.73. The van der Waals surface area contributed by atoms with Crippen LogP contribution in [0.4, 0.5) is 0 Å². The molecule has 4 nitrogen and oxygen atoms in total. The van der Waals surface area contributed by atoms with Crippen LogP contribution in [0, 0.1) is 0 Å². The van der Waals surface area contributed by atoms with Crippen molar-refractivity contribution < 1.29 is 4.74 Å². The lowest BCUT2D eigenvalue weighted by molar-refractivity contribution is 0.179. The second-order valence-electron chi connectivity index (χ2n) is 5.06. The number of halogens is 1. The Morgan fingerprint density at radius 2 is 2.26 bits per heavy atom. The van der Waals surface area contributed by atoms with Crippen LogP contribution in [0.5, 0.6) is 0 Å². The smallest absolute Gasteiger partial charge is 0.188 e. The summed E-state index contributed by atoms with van der Waals surface area (Å²) in [6.07, 6.45) is 0. The van der Waals surface area contributed by atoms with Gasteiger partial charge in [0.2, 0.25) is 0 Å². The average Bonchev–Trinajstić information content (AvgIpc) is 2.81. The highest BCUT2D eigenvalue weighted by molar-refractivity contribution is 14.0. The summed E-state index contributed by atoms with van der Waals surface area (Å²) in [5.41, 5.74) is 5.87. The van der Waals surface area contributed by atoms with E-state index in [9.17, 15) is 0 Å². The molecule has 1 aromatic heterocycles. The monoisotopic (exact) mass is 397 g/mol. The Balaban J connectivity index is 0.00000324. The number of methoxy groups -OCH3 is 1. The van der Waals surface area contributed by atoms with Crippen molar-refractivity contribution in [2.75, 3.05) is 20.3 Å². The Kier molecular flexibility index (Phi) is 8.60. The van der Waals surface area contributed by atoms with Gasteiger partial charge in [0.25, 0.3) is 0 Å². The molecule has 0 aromatic carbocycles. The molecule has 0 aliphatic carbocycles. The largest absolute Gasteiger partial charge is 0.383 e. The van der Waals surface area contributed by atoms with Crippen LogP contribution in [0.1, 0.15) is 25.6 Å². The molecule has 0 amide bonds. The van der Waals surface area contributed by atoms with Crippen molar-refractivity contribution in [1.29, 1.82) is 0 Å². The van der Waals surface area contributed by atoms with Crippen LogP contribution in [0.3, 0.4) is 0 Å². The van der Waals surface area contributed by atoms with Gasteiger partial charge in [0, 0.05) is 23.4 Å². The molecule has 0 spiro atoms. The highest BCUT2D eigenvalue weighted by Crippen LogP contribution is 2.27. The first-order valence-electron chi connectivity index (χ1n) is 6.05. The number of nitrogens with one attached hydrogen (secondary N) is 1. The first kappa shape index (κ1) is 18.7. The minimum absolute atomic E-state index is 0. The molecule has 0 aliphatic heterocycles. The third-order valence-electron chi connectivity index (χ3n) is 2.64. The number of nitrogens with zero attached hydrogens (tertiary/aromatic N) is 1. The predicted molar refractivity (Wildman–Crippen MR) is 93.7 cm³/mol. The molecule has 1 rings (SSSR count). The maximum absolute atomic E-state index is 5.85. The molecule has 19 heavy (non-hydrogen) atoms. The molecule has 3 N–H and O–H groups in total. The molecule has 0 aliphatic rings. The molecule has 1 heterocycles. The van der Waals surface area contributed by atoms with E-state index in [1.54, 1.807) is 18.4 Å². The Hall–Kier alpha value is -0.340. The molecular weight excluding hydrogens is 373 g/mol. The van der Waals surface area contributed by atoms with Crippen LogP contribution >= 0.6 is 35.3 Å². The molecule has 110 valence electrons. The SMILES string of the molecule is COCC(C)NC(N)=NCC(C)(C)c1cccs1.I. The van der Waals surface area contributed by atoms with Gasteiger partial charge in [-0.05, 0) is 18.4 Å². The zero-order chi connectivity index (χ0) is 13.6. The minimum atomic E-state index is 0. The average molecular weight is 397 g/mol. The summed E-state index contributed by atoms with van der Waals surface area (Å²) in [6, 6.07) is 4.37. The van der Waals surface area contributed by atoms with E-state index in [1.165, 1.54) is 4.88 Å². The van der Waals surface area contributed by atoms with E-state index >= 15 is 0 Å². The second kappa shape index (κ2) is 8.76. The van der Waals surface area contributed by atoms with Crippen LogP contribution < -0.4 is 11.1 Å². The van der Waals surface area contributed by atoms with Gasteiger partial charge in [-0.3, -0.25) is 4.99 Å². The van der Waals surface area contributed by atoms with Gasteiger partial charge in [-0.2, -0.15) is 0 Å². The van der Waals surface area contributed by atoms with Gasteiger partial charge >= 0.3 is 0 Å². The third kappa shape index (κ3) is 6.58. The van der Waals surface area contributed by atoms with Crippen LogP contribution in [0.2, 0.25) is 0 Å². The summed E-state index contributed by atoms with van der Waals surface area (Å²) in [7, 11) is 1.67. The zero-order valence-electron chi connectivity index (χ0n) is 12.0. The first-order valence-corrected chi connectivity index (χ1v) is 6.93. The van der Waals surface area contributed by atoms with E-state index < -0.39 is 0 Å². The van der Waals surface area contributed by atoms with Crippen molar-refractivity contribution in [3.05, 3.63) is 22.4 Å². The summed E-state index contributed by atoms with van der Waals surface area (Å²) >= 11 is 1.75. The Morgan fingerprint density at radius 3 is 2.79 bits per heavy atom. The number of thiophene rings is 1. The molecule has 0 saturated heterocycles. The summed E-state index contributed by atoms with van der Waals surface area (Å²) in [5.74, 6) is 0.476. The molecule has 1 atom stereocenters. The first-order chi connectivity index (χ1) is 8.45. The summed E-state index contributed by atoms with van der Waals surface area (Å²) in [5, 5.41) is 5.19. The Labute approximate surface area is 136 Å². The van der Waals surface area contributed by atoms with Gasteiger partial charge < -0.3 is 15.8 Å². The molecule has 1 unspecified atom stereocenters. The topological polar surface area (TPSA) is 59.6 Å². The zero-order valence-corrected chi connectivity index (χ0v) is 15.1. The molecule has 6 heteroatoms. The van der Waals surface area contributed by atoms with Crippen molar-refractivity contribution >= 4 is 41.3 Å². The van der Waals surface area contributed by atoms with Crippen molar-refractivity contribution in [2.24, 2.45) is 10.7 Å².